The van der Waals surface area contributed by atoms with Crippen molar-refractivity contribution in [1.82, 2.24) is 4.90 Å². The standard InChI is InChI=1S/C11H16N2/c1-9-6-5-7-11(10(9)2)12-8-13(3)4/h5-8H,1-4H3. The number of aryl methyl sites for hydroxylation is 1. The summed E-state index contributed by atoms with van der Waals surface area (Å²) in [5.74, 6) is 0. The Morgan fingerprint density at radius 2 is 1.92 bits per heavy atom. The van der Waals surface area contributed by atoms with Gasteiger partial charge >= 0.3 is 0 Å². The van der Waals surface area contributed by atoms with Crippen molar-refractivity contribution >= 4 is 12.0 Å². The SMILES string of the molecule is Cc1cccc(N=CN(C)C)c1C. The first-order valence-corrected chi connectivity index (χ1v) is 4.38. The Balaban J connectivity index is 2.95. The van der Waals surface area contributed by atoms with Crippen molar-refractivity contribution in [3.8, 4) is 0 Å². The average Bonchev–Trinajstić information content (AvgIpc) is 2.07. The molecule has 0 saturated carbocycles. The summed E-state index contributed by atoms with van der Waals surface area (Å²) in [5, 5.41) is 0. The fourth-order valence-electron chi connectivity index (χ4n) is 1.05. The molecule has 13 heavy (non-hydrogen) atoms. The minimum atomic E-state index is 1.05. The predicted octanol–water partition coefficient (Wildman–Crippen LogP) is 2.52. The van der Waals surface area contributed by atoms with Gasteiger partial charge in [-0.15, -0.1) is 0 Å². The van der Waals surface area contributed by atoms with Crippen molar-refractivity contribution in [2.45, 2.75) is 13.8 Å². The van der Waals surface area contributed by atoms with E-state index in [0.717, 1.165) is 5.69 Å². The molecule has 2 heteroatoms. The van der Waals surface area contributed by atoms with Crippen LogP contribution in [0.2, 0.25) is 0 Å². The molecule has 1 rings (SSSR count). The highest BCUT2D eigenvalue weighted by molar-refractivity contribution is 5.63. The molecule has 1 aromatic rings. The highest BCUT2D eigenvalue weighted by Crippen LogP contribution is 2.20. The molecule has 0 aliphatic rings. The molecule has 0 amide bonds. The minimum absolute atomic E-state index is 1.05. The predicted molar refractivity (Wildman–Crippen MR) is 57.8 cm³/mol. The van der Waals surface area contributed by atoms with Crippen molar-refractivity contribution in [2.24, 2.45) is 4.99 Å². The molecule has 0 aliphatic carbocycles. The lowest BCUT2D eigenvalue weighted by Gasteiger charge is -2.05. The van der Waals surface area contributed by atoms with Crippen LogP contribution in [0.1, 0.15) is 11.1 Å². The topological polar surface area (TPSA) is 15.6 Å². The summed E-state index contributed by atoms with van der Waals surface area (Å²) >= 11 is 0. The quantitative estimate of drug-likeness (QED) is 0.499. The summed E-state index contributed by atoms with van der Waals surface area (Å²) in [5.41, 5.74) is 3.59. The maximum absolute atomic E-state index is 4.37. The third kappa shape index (κ3) is 2.58. The van der Waals surface area contributed by atoms with Gasteiger partial charge in [0.15, 0.2) is 0 Å². The van der Waals surface area contributed by atoms with Crippen LogP contribution in [-0.4, -0.2) is 25.3 Å². The molecule has 1 aromatic carbocycles. The highest BCUT2D eigenvalue weighted by atomic mass is 15.1. The molecule has 0 aromatic heterocycles. The summed E-state index contributed by atoms with van der Waals surface area (Å²) in [6, 6.07) is 6.16. The zero-order valence-electron chi connectivity index (χ0n) is 8.70. The van der Waals surface area contributed by atoms with Gasteiger partial charge in [0.25, 0.3) is 0 Å². The second kappa shape index (κ2) is 4.08. The van der Waals surface area contributed by atoms with E-state index in [1.165, 1.54) is 11.1 Å². The van der Waals surface area contributed by atoms with E-state index in [9.17, 15) is 0 Å². The van der Waals surface area contributed by atoms with Crippen LogP contribution < -0.4 is 0 Å². The third-order valence-electron chi connectivity index (χ3n) is 2.00. The molecular weight excluding hydrogens is 160 g/mol. The summed E-state index contributed by atoms with van der Waals surface area (Å²) in [6.07, 6.45) is 1.82. The summed E-state index contributed by atoms with van der Waals surface area (Å²) in [6.45, 7) is 4.20. The van der Waals surface area contributed by atoms with E-state index in [1.54, 1.807) is 0 Å². The first kappa shape index (κ1) is 9.78. The lowest BCUT2D eigenvalue weighted by molar-refractivity contribution is 0.643. The van der Waals surface area contributed by atoms with E-state index >= 15 is 0 Å². The zero-order valence-corrected chi connectivity index (χ0v) is 8.70. The number of hydrogen-bond acceptors (Lipinski definition) is 1. The monoisotopic (exact) mass is 176 g/mol. The number of aliphatic imine (C=N–C) groups is 1. The van der Waals surface area contributed by atoms with Gasteiger partial charge in [0.1, 0.15) is 0 Å². The molecule has 70 valence electrons. The first-order chi connectivity index (χ1) is 6.11. The Hall–Kier alpha value is -1.31. The van der Waals surface area contributed by atoms with E-state index in [4.69, 9.17) is 0 Å². The van der Waals surface area contributed by atoms with Crippen LogP contribution in [0, 0.1) is 13.8 Å². The fraction of sp³-hybridized carbons (Fsp3) is 0.364. The third-order valence-corrected chi connectivity index (χ3v) is 2.00. The molecule has 0 bridgehead atoms. The second-order valence-corrected chi connectivity index (χ2v) is 3.43. The lowest BCUT2D eigenvalue weighted by Crippen LogP contribution is -2.07. The number of nitrogens with zero attached hydrogens (tertiary/aromatic N) is 2. The number of benzene rings is 1. The van der Waals surface area contributed by atoms with Crippen LogP contribution in [0.4, 0.5) is 5.69 Å². The molecule has 0 aliphatic heterocycles. The molecule has 0 fully saturated rings. The van der Waals surface area contributed by atoms with Gasteiger partial charge in [0.2, 0.25) is 0 Å². The maximum atomic E-state index is 4.37. The molecular formula is C11H16N2. The first-order valence-electron chi connectivity index (χ1n) is 4.38. The Labute approximate surface area is 79.9 Å². The van der Waals surface area contributed by atoms with Gasteiger partial charge in [0.05, 0.1) is 12.0 Å². The van der Waals surface area contributed by atoms with Gasteiger partial charge in [-0.1, -0.05) is 12.1 Å². The van der Waals surface area contributed by atoms with Gasteiger partial charge in [-0.2, -0.15) is 0 Å². The Bertz CT molecular complexity index is 314. The van der Waals surface area contributed by atoms with Crippen molar-refractivity contribution < 1.29 is 0 Å². The number of rotatable bonds is 2. The molecule has 0 radical (unpaired) electrons. The van der Waals surface area contributed by atoms with Crippen molar-refractivity contribution in [2.75, 3.05) is 14.1 Å². The maximum Gasteiger partial charge on any atom is 0.0907 e. The van der Waals surface area contributed by atoms with E-state index in [1.807, 2.05) is 37.5 Å². The van der Waals surface area contributed by atoms with Gasteiger partial charge in [-0.25, -0.2) is 4.99 Å². The van der Waals surface area contributed by atoms with Crippen LogP contribution in [-0.2, 0) is 0 Å². The van der Waals surface area contributed by atoms with E-state index in [2.05, 4.69) is 24.9 Å². The van der Waals surface area contributed by atoms with E-state index in [0.29, 0.717) is 0 Å². The summed E-state index contributed by atoms with van der Waals surface area (Å²) < 4.78 is 0. The fourth-order valence-corrected chi connectivity index (χ4v) is 1.05. The molecule has 0 heterocycles. The van der Waals surface area contributed by atoms with Crippen LogP contribution in [0.25, 0.3) is 0 Å². The molecule has 0 spiro atoms. The Kier molecular flexibility index (Phi) is 3.07. The highest BCUT2D eigenvalue weighted by Gasteiger charge is 1.96. The van der Waals surface area contributed by atoms with Gasteiger partial charge < -0.3 is 4.90 Å². The van der Waals surface area contributed by atoms with Crippen molar-refractivity contribution in [3.63, 3.8) is 0 Å². The molecule has 0 saturated heterocycles. The van der Waals surface area contributed by atoms with E-state index < -0.39 is 0 Å². The largest absolute Gasteiger partial charge is 0.369 e. The van der Waals surface area contributed by atoms with Crippen LogP contribution in [0.15, 0.2) is 23.2 Å². The zero-order chi connectivity index (χ0) is 9.84. The number of hydrogen-bond donors (Lipinski definition) is 0. The van der Waals surface area contributed by atoms with Crippen molar-refractivity contribution in [3.05, 3.63) is 29.3 Å². The van der Waals surface area contributed by atoms with E-state index in [-0.39, 0.29) is 0 Å². The van der Waals surface area contributed by atoms with Gasteiger partial charge in [-0.05, 0) is 31.0 Å². The van der Waals surface area contributed by atoms with Crippen LogP contribution in [0.3, 0.4) is 0 Å². The van der Waals surface area contributed by atoms with Crippen LogP contribution in [0.5, 0.6) is 0 Å². The molecule has 0 unspecified atom stereocenters. The normalized spacial score (nSPS) is 10.8. The smallest absolute Gasteiger partial charge is 0.0907 e. The molecule has 0 atom stereocenters. The Morgan fingerprint density at radius 3 is 2.54 bits per heavy atom. The summed E-state index contributed by atoms with van der Waals surface area (Å²) in [7, 11) is 3.93. The van der Waals surface area contributed by atoms with Crippen LogP contribution >= 0.6 is 0 Å². The second-order valence-electron chi connectivity index (χ2n) is 3.43. The average molecular weight is 176 g/mol. The molecule has 0 N–H and O–H groups in total. The lowest BCUT2D eigenvalue weighted by atomic mass is 10.1. The summed E-state index contributed by atoms with van der Waals surface area (Å²) in [4.78, 5) is 6.30. The molecule has 2 nitrogen and oxygen atoms in total. The van der Waals surface area contributed by atoms with Gasteiger partial charge in [-0.3, -0.25) is 0 Å². The van der Waals surface area contributed by atoms with Crippen molar-refractivity contribution in [1.29, 1.82) is 0 Å². The Morgan fingerprint density at radius 1 is 1.23 bits per heavy atom. The minimum Gasteiger partial charge on any atom is -0.369 e. The van der Waals surface area contributed by atoms with Gasteiger partial charge in [0, 0.05) is 14.1 Å².